The van der Waals surface area contributed by atoms with Gasteiger partial charge in [0.1, 0.15) is 0 Å². The van der Waals surface area contributed by atoms with E-state index in [4.69, 9.17) is 0 Å². The third kappa shape index (κ3) is 3.38. The van der Waals surface area contributed by atoms with Gasteiger partial charge in [0.25, 0.3) is 0 Å². The average molecular weight is 244 g/mol. The van der Waals surface area contributed by atoms with E-state index in [0.29, 0.717) is 6.04 Å². The first kappa shape index (κ1) is 14.3. The summed E-state index contributed by atoms with van der Waals surface area (Å²) < 4.78 is 0. The molecular weight excluding hydrogens is 216 g/mol. The minimum Gasteiger partial charge on any atom is -0.296 e. The van der Waals surface area contributed by atoms with Gasteiger partial charge in [-0.25, -0.2) is 0 Å². The molecule has 0 N–H and O–H groups in total. The second kappa shape index (κ2) is 4.87. The highest BCUT2D eigenvalue weighted by atomic mass is 32.1. The van der Waals surface area contributed by atoms with E-state index in [-0.39, 0.29) is 11.1 Å². The molecule has 0 aliphatic carbocycles. The van der Waals surface area contributed by atoms with Gasteiger partial charge in [-0.3, -0.25) is 9.80 Å². The summed E-state index contributed by atoms with van der Waals surface area (Å²) in [5, 5.41) is 0. The van der Waals surface area contributed by atoms with Crippen LogP contribution in [0.5, 0.6) is 0 Å². The van der Waals surface area contributed by atoms with E-state index >= 15 is 0 Å². The Kier molecular flexibility index (Phi) is 4.36. The SMILES string of the molecule is CC(C)(C)N1CCN(C(C)(C)C)C(CS)C1. The number of nitrogens with zero attached hydrogens (tertiary/aromatic N) is 2. The normalized spacial score (nSPS) is 26.1. The summed E-state index contributed by atoms with van der Waals surface area (Å²) in [6.07, 6.45) is 0. The Hall–Kier alpha value is 0.270. The maximum atomic E-state index is 4.52. The first-order chi connectivity index (χ1) is 7.16. The molecule has 1 fully saturated rings. The molecule has 1 heterocycles. The molecule has 0 aromatic heterocycles. The van der Waals surface area contributed by atoms with E-state index in [1.807, 2.05) is 0 Å². The van der Waals surface area contributed by atoms with Crippen LogP contribution in [0.2, 0.25) is 0 Å². The van der Waals surface area contributed by atoms with Gasteiger partial charge < -0.3 is 0 Å². The molecular formula is C13H28N2S. The zero-order valence-corrected chi connectivity index (χ0v) is 12.6. The average Bonchev–Trinajstić information content (AvgIpc) is 2.14. The van der Waals surface area contributed by atoms with Crippen molar-refractivity contribution in [2.45, 2.75) is 58.7 Å². The highest BCUT2D eigenvalue weighted by Crippen LogP contribution is 2.25. The summed E-state index contributed by atoms with van der Waals surface area (Å²) in [6.45, 7) is 17.3. The van der Waals surface area contributed by atoms with Crippen molar-refractivity contribution in [2.24, 2.45) is 0 Å². The van der Waals surface area contributed by atoms with Gasteiger partial charge in [-0.05, 0) is 41.5 Å². The lowest BCUT2D eigenvalue weighted by atomic mass is 9.97. The van der Waals surface area contributed by atoms with E-state index in [1.165, 1.54) is 6.54 Å². The number of hydrogen-bond donors (Lipinski definition) is 1. The lowest BCUT2D eigenvalue weighted by Crippen LogP contribution is -2.63. The van der Waals surface area contributed by atoms with Crippen LogP contribution in [-0.2, 0) is 0 Å². The standard InChI is InChI=1S/C13H28N2S/c1-12(2,3)14-7-8-15(13(4,5)6)11(9-14)10-16/h11,16H,7-10H2,1-6H3. The van der Waals surface area contributed by atoms with E-state index < -0.39 is 0 Å². The molecule has 2 nitrogen and oxygen atoms in total. The Bertz CT molecular complexity index is 227. The van der Waals surface area contributed by atoms with Crippen molar-refractivity contribution in [3.8, 4) is 0 Å². The van der Waals surface area contributed by atoms with Gasteiger partial charge in [-0.15, -0.1) is 0 Å². The molecule has 0 aromatic rings. The van der Waals surface area contributed by atoms with Crippen LogP contribution >= 0.6 is 12.6 Å². The van der Waals surface area contributed by atoms with Crippen molar-refractivity contribution in [1.82, 2.24) is 9.80 Å². The van der Waals surface area contributed by atoms with Crippen molar-refractivity contribution in [2.75, 3.05) is 25.4 Å². The van der Waals surface area contributed by atoms with E-state index in [1.54, 1.807) is 0 Å². The highest BCUT2D eigenvalue weighted by Gasteiger charge is 2.36. The Balaban J connectivity index is 2.72. The van der Waals surface area contributed by atoms with Crippen molar-refractivity contribution in [3.63, 3.8) is 0 Å². The largest absolute Gasteiger partial charge is 0.296 e. The predicted octanol–water partition coefficient (Wildman–Crippen LogP) is 2.50. The number of rotatable bonds is 1. The Labute approximate surface area is 107 Å². The molecule has 0 saturated carbocycles. The summed E-state index contributed by atoms with van der Waals surface area (Å²) in [5.74, 6) is 0.948. The molecule has 1 atom stereocenters. The molecule has 0 amide bonds. The van der Waals surface area contributed by atoms with Crippen molar-refractivity contribution < 1.29 is 0 Å². The number of piperazine rings is 1. The summed E-state index contributed by atoms with van der Waals surface area (Å²) in [5.41, 5.74) is 0.544. The Morgan fingerprint density at radius 2 is 1.56 bits per heavy atom. The van der Waals surface area contributed by atoms with Gasteiger partial charge >= 0.3 is 0 Å². The van der Waals surface area contributed by atoms with E-state index in [9.17, 15) is 0 Å². The fourth-order valence-electron chi connectivity index (χ4n) is 2.50. The number of thiol groups is 1. The Morgan fingerprint density at radius 3 is 1.94 bits per heavy atom. The van der Waals surface area contributed by atoms with Crippen LogP contribution in [-0.4, -0.2) is 52.3 Å². The third-order valence-corrected chi connectivity index (χ3v) is 3.93. The summed E-state index contributed by atoms with van der Waals surface area (Å²) in [6, 6.07) is 0.580. The number of hydrogen-bond acceptors (Lipinski definition) is 3. The van der Waals surface area contributed by atoms with Crippen molar-refractivity contribution in [3.05, 3.63) is 0 Å². The fourth-order valence-corrected chi connectivity index (χ4v) is 2.82. The molecule has 3 heteroatoms. The van der Waals surface area contributed by atoms with Crippen LogP contribution in [0.4, 0.5) is 0 Å². The van der Waals surface area contributed by atoms with Crippen LogP contribution < -0.4 is 0 Å². The van der Waals surface area contributed by atoms with E-state index in [2.05, 4.69) is 64.0 Å². The lowest BCUT2D eigenvalue weighted by Gasteiger charge is -2.51. The van der Waals surface area contributed by atoms with Crippen LogP contribution in [0.25, 0.3) is 0 Å². The molecule has 1 saturated heterocycles. The zero-order chi connectivity index (χ0) is 12.6. The molecule has 96 valence electrons. The second-order valence-electron chi connectivity index (χ2n) is 6.82. The molecule has 1 aliphatic rings. The molecule has 16 heavy (non-hydrogen) atoms. The lowest BCUT2D eigenvalue weighted by molar-refractivity contribution is -0.0134. The highest BCUT2D eigenvalue weighted by molar-refractivity contribution is 7.80. The fraction of sp³-hybridized carbons (Fsp3) is 1.00. The first-order valence-corrected chi connectivity index (χ1v) is 6.92. The van der Waals surface area contributed by atoms with Gasteiger partial charge in [0, 0.05) is 42.5 Å². The molecule has 0 bridgehead atoms. The van der Waals surface area contributed by atoms with Crippen molar-refractivity contribution in [1.29, 1.82) is 0 Å². The smallest absolute Gasteiger partial charge is 0.0317 e. The van der Waals surface area contributed by atoms with Crippen LogP contribution in [0.15, 0.2) is 0 Å². The molecule has 1 rings (SSSR count). The first-order valence-electron chi connectivity index (χ1n) is 6.29. The van der Waals surface area contributed by atoms with Gasteiger partial charge in [-0.1, -0.05) is 0 Å². The van der Waals surface area contributed by atoms with E-state index in [0.717, 1.165) is 18.8 Å². The van der Waals surface area contributed by atoms with Crippen molar-refractivity contribution >= 4 is 12.6 Å². The van der Waals surface area contributed by atoms with Gasteiger partial charge in [0.05, 0.1) is 0 Å². The van der Waals surface area contributed by atoms with Crippen LogP contribution in [0.1, 0.15) is 41.5 Å². The molecule has 1 aliphatic heterocycles. The minimum absolute atomic E-state index is 0.261. The second-order valence-corrected chi connectivity index (χ2v) is 7.18. The molecule has 0 radical (unpaired) electrons. The topological polar surface area (TPSA) is 6.48 Å². The monoisotopic (exact) mass is 244 g/mol. The summed E-state index contributed by atoms with van der Waals surface area (Å²) in [4.78, 5) is 5.18. The molecule has 1 unspecified atom stereocenters. The summed E-state index contributed by atoms with van der Waals surface area (Å²) >= 11 is 4.52. The quantitative estimate of drug-likeness (QED) is 0.708. The molecule has 0 aromatic carbocycles. The van der Waals surface area contributed by atoms with Crippen LogP contribution in [0, 0.1) is 0 Å². The predicted molar refractivity (Wildman–Crippen MR) is 75.4 cm³/mol. The molecule has 0 spiro atoms. The minimum atomic E-state index is 0.261. The maximum absolute atomic E-state index is 4.52. The zero-order valence-electron chi connectivity index (χ0n) is 11.7. The van der Waals surface area contributed by atoms with Gasteiger partial charge in [-0.2, -0.15) is 12.6 Å². The van der Waals surface area contributed by atoms with Crippen LogP contribution in [0.3, 0.4) is 0 Å². The summed E-state index contributed by atoms with van der Waals surface area (Å²) in [7, 11) is 0. The Morgan fingerprint density at radius 1 is 1.00 bits per heavy atom. The van der Waals surface area contributed by atoms with Gasteiger partial charge in [0.15, 0.2) is 0 Å². The maximum Gasteiger partial charge on any atom is 0.0317 e. The van der Waals surface area contributed by atoms with Gasteiger partial charge in [0.2, 0.25) is 0 Å². The third-order valence-electron chi connectivity index (χ3n) is 3.50.